The van der Waals surface area contributed by atoms with E-state index in [1.807, 2.05) is 55.5 Å². The molecule has 15 heteroatoms. The lowest BCUT2D eigenvalue weighted by molar-refractivity contribution is -0.135. The SMILES string of the molecule is C[C@@H](OCc1ccc(CCCOCCOCCCc2cccc3c2n(C)c(=O)n3C2CCC(=O)NC2=O)cc1)C(CCC(N)=O)NC(=O)[C@@H]1Cc2cccc3c2N1C(=O)CCC3. The maximum Gasteiger partial charge on any atom is 0.329 e. The molecule has 1 fully saturated rings. The normalized spacial score (nSPS) is 18.4. The van der Waals surface area contributed by atoms with Gasteiger partial charge in [0.05, 0.1) is 48.7 Å². The van der Waals surface area contributed by atoms with Crippen molar-refractivity contribution in [3.63, 3.8) is 0 Å². The highest BCUT2D eigenvalue weighted by atomic mass is 16.5. The molecule has 0 bridgehead atoms. The van der Waals surface area contributed by atoms with Gasteiger partial charge in [-0.2, -0.15) is 0 Å². The number of imide groups is 1. The van der Waals surface area contributed by atoms with Gasteiger partial charge in [-0.3, -0.25) is 43.3 Å². The van der Waals surface area contributed by atoms with Crippen LogP contribution >= 0.6 is 0 Å². The lowest BCUT2D eigenvalue weighted by atomic mass is 10.0. The average Bonchev–Trinajstić information content (AvgIpc) is 3.71. The van der Waals surface area contributed by atoms with Gasteiger partial charge in [-0.15, -0.1) is 0 Å². The summed E-state index contributed by atoms with van der Waals surface area (Å²) in [6.45, 7) is 4.30. The highest BCUT2D eigenvalue weighted by molar-refractivity contribution is 6.05. The molecule has 4 atom stereocenters. The molecule has 62 heavy (non-hydrogen) atoms. The third-order valence-electron chi connectivity index (χ3n) is 12.3. The smallest absolute Gasteiger partial charge is 0.329 e. The maximum absolute atomic E-state index is 13.8. The van der Waals surface area contributed by atoms with Gasteiger partial charge in [0.1, 0.15) is 12.1 Å². The molecular weight excluding hydrogens is 793 g/mol. The fourth-order valence-corrected chi connectivity index (χ4v) is 9.00. The predicted octanol–water partition coefficient (Wildman–Crippen LogP) is 3.87. The van der Waals surface area contributed by atoms with Gasteiger partial charge in [-0.05, 0) is 92.2 Å². The monoisotopic (exact) mass is 850 g/mol. The number of para-hydroxylation sites is 2. The number of amides is 5. The Balaban J connectivity index is 0.795. The molecule has 3 aromatic carbocycles. The highest BCUT2D eigenvalue weighted by Gasteiger charge is 2.41. The fraction of sp³-hybridized carbons (Fsp3) is 0.489. The Morgan fingerprint density at radius 2 is 1.58 bits per heavy atom. The number of fused-ring (bicyclic) bond motifs is 1. The van der Waals surface area contributed by atoms with Crippen LogP contribution in [0.4, 0.5) is 5.69 Å². The molecule has 1 aromatic heterocycles. The first kappa shape index (κ1) is 44.4. The summed E-state index contributed by atoms with van der Waals surface area (Å²) in [5.74, 6) is -1.51. The molecule has 4 aromatic rings. The molecular formula is C47H58N6O9. The van der Waals surface area contributed by atoms with Crippen LogP contribution < -0.4 is 27.0 Å². The van der Waals surface area contributed by atoms with Crippen LogP contribution in [-0.2, 0) is 77.5 Å². The van der Waals surface area contributed by atoms with Crippen molar-refractivity contribution >= 4 is 46.3 Å². The lowest BCUT2D eigenvalue weighted by Gasteiger charge is -2.29. The summed E-state index contributed by atoms with van der Waals surface area (Å²) in [5, 5.41) is 5.46. The Hall–Kier alpha value is -5.64. The number of primary amides is 1. The molecule has 3 aliphatic heterocycles. The van der Waals surface area contributed by atoms with Gasteiger partial charge in [0.25, 0.3) is 0 Å². The second kappa shape index (κ2) is 20.5. The molecule has 0 spiro atoms. The standard InChI is InChI=1S/C47H58N6O9/c1-30(36(20-22-40(48)54)49-46(58)39-28-35-12-3-9-33-11-5-15-42(56)53(39)43(33)35)62-29-32-18-16-31(17-19-32)8-6-24-60-26-27-61-25-7-13-34-10-4-14-37-44(34)51(2)47(59)52(37)38-21-23-41(55)50-45(38)57/h3-4,9-10,12,14,16-19,30,36,38-39H,5-8,11,13,15,20-29H2,1-2H3,(H2,48,54)(H,49,58)(H,50,55,57)/t30-,36?,38?,39+/m1/s1. The van der Waals surface area contributed by atoms with Crippen molar-refractivity contribution in [3.05, 3.63) is 99.0 Å². The van der Waals surface area contributed by atoms with E-state index in [1.54, 1.807) is 16.5 Å². The molecule has 1 saturated heterocycles. The van der Waals surface area contributed by atoms with Crippen LogP contribution in [0.2, 0.25) is 0 Å². The number of nitrogens with two attached hydrogens (primary N) is 1. The van der Waals surface area contributed by atoms with Gasteiger partial charge in [-0.1, -0.05) is 54.6 Å². The third kappa shape index (κ3) is 10.3. The summed E-state index contributed by atoms with van der Waals surface area (Å²) in [4.78, 5) is 77.8. The number of carbonyl (C=O) groups excluding carboxylic acids is 5. The Labute approximate surface area is 361 Å². The van der Waals surface area contributed by atoms with Gasteiger partial charge >= 0.3 is 5.69 Å². The van der Waals surface area contributed by atoms with Crippen molar-refractivity contribution < 1.29 is 38.2 Å². The van der Waals surface area contributed by atoms with Gasteiger partial charge in [0, 0.05) is 45.9 Å². The van der Waals surface area contributed by atoms with Crippen molar-refractivity contribution in [2.45, 2.75) is 115 Å². The van der Waals surface area contributed by atoms with Crippen LogP contribution in [0.15, 0.2) is 65.5 Å². The molecule has 5 amide bonds. The number of carbonyl (C=O) groups is 5. The number of hydrogen-bond acceptors (Lipinski definition) is 9. The number of benzene rings is 3. The second-order valence-electron chi connectivity index (χ2n) is 16.6. The zero-order valence-corrected chi connectivity index (χ0v) is 35.7. The molecule has 0 aliphatic carbocycles. The molecule has 4 heterocycles. The minimum absolute atomic E-state index is 0.0387. The summed E-state index contributed by atoms with van der Waals surface area (Å²) in [6, 6.07) is 18.1. The number of nitrogens with one attached hydrogen (secondary N) is 2. The molecule has 0 radical (unpaired) electrons. The molecule has 3 aliphatic rings. The molecule has 330 valence electrons. The van der Waals surface area contributed by atoms with Crippen LogP contribution in [0.25, 0.3) is 11.0 Å². The van der Waals surface area contributed by atoms with E-state index in [2.05, 4.69) is 22.8 Å². The number of aryl methyl sites for hydroxylation is 4. The predicted molar refractivity (Wildman–Crippen MR) is 232 cm³/mol. The second-order valence-corrected chi connectivity index (χ2v) is 16.6. The average molecular weight is 851 g/mol. The van der Waals surface area contributed by atoms with E-state index in [9.17, 15) is 28.8 Å². The summed E-state index contributed by atoms with van der Waals surface area (Å²) < 4.78 is 21.0. The minimum Gasteiger partial charge on any atom is -0.379 e. The fourth-order valence-electron chi connectivity index (χ4n) is 9.00. The van der Waals surface area contributed by atoms with Crippen molar-refractivity contribution in [2.75, 3.05) is 31.3 Å². The number of hydrogen-bond donors (Lipinski definition) is 3. The van der Waals surface area contributed by atoms with E-state index in [0.717, 1.165) is 65.6 Å². The summed E-state index contributed by atoms with van der Waals surface area (Å²) in [5.41, 5.74) is 12.8. The molecule has 4 N–H and O–H groups in total. The Kier molecular flexibility index (Phi) is 14.7. The van der Waals surface area contributed by atoms with Gasteiger partial charge in [0.2, 0.25) is 29.5 Å². The van der Waals surface area contributed by atoms with Crippen molar-refractivity contribution in [3.8, 4) is 0 Å². The van der Waals surface area contributed by atoms with E-state index < -0.39 is 36.0 Å². The van der Waals surface area contributed by atoms with Crippen LogP contribution in [0, 0.1) is 0 Å². The largest absolute Gasteiger partial charge is 0.379 e. The van der Waals surface area contributed by atoms with E-state index in [1.165, 1.54) is 10.1 Å². The summed E-state index contributed by atoms with van der Waals surface area (Å²) in [7, 11) is 1.71. The van der Waals surface area contributed by atoms with E-state index in [4.69, 9.17) is 19.9 Å². The summed E-state index contributed by atoms with van der Waals surface area (Å²) >= 11 is 0. The number of anilines is 1. The molecule has 0 saturated carbocycles. The van der Waals surface area contributed by atoms with Crippen LogP contribution in [0.3, 0.4) is 0 Å². The van der Waals surface area contributed by atoms with Crippen LogP contribution in [-0.4, -0.2) is 83.3 Å². The van der Waals surface area contributed by atoms with Gasteiger partial charge in [-0.25, -0.2) is 4.79 Å². The van der Waals surface area contributed by atoms with E-state index in [0.29, 0.717) is 70.7 Å². The molecule has 2 unspecified atom stereocenters. The van der Waals surface area contributed by atoms with Crippen LogP contribution in [0.5, 0.6) is 0 Å². The molecule has 15 nitrogen and oxygen atoms in total. The van der Waals surface area contributed by atoms with E-state index >= 15 is 0 Å². The number of rotatable bonds is 21. The lowest BCUT2D eigenvalue weighted by Crippen LogP contribution is -2.53. The van der Waals surface area contributed by atoms with Crippen molar-refractivity contribution in [1.82, 2.24) is 19.8 Å². The van der Waals surface area contributed by atoms with Crippen molar-refractivity contribution in [2.24, 2.45) is 12.8 Å². The highest BCUT2D eigenvalue weighted by Crippen LogP contribution is 2.39. The zero-order chi connectivity index (χ0) is 43.8. The number of aromatic nitrogens is 2. The first-order chi connectivity index (χ1) is 30.0. The number of nitrogens with zero attached hydrogens (tertiary/aromatic N) is 3. The van der Waals surface area contributed by atoms with E-state index in [-0.39, 0.29) is 36.3 Å². The first-order valence-electron chi connectivity index (χ1n) is 21.9. The van der Waals surface area contributed by atoms with Gasteiger partial charge < -0.3 is 25.3 Å². The Morgan fingerprint density at radius 3 is 2.32 bits per heavy atom. The third-order valence-corrected chi connectivity index (χ3v) is 12.3. The topological polar surface area (TPSA) is 193 Å². The molecule has 7 rings (SSSR count). The van der Waals surface area contributed by atoms with Crippen molar-refractivity contribution in [1.29, 1.82) is 0 Å². The maximum atomic E-state index is 13.8. The van der Waals surface area contributed by atoms with Crippen LogP contribution in [0.1, 0.15) is 92.1 Å². The van der Waals surface area contributed by atoms with Gasteiger partial charge in [0.15, 0.2) is 0 Å². The Morgan fingerprint density at radius 1 is 0.871 bits per heavy atom. The zero-order valence-electron chi connectivity index (χ0n) is 35.7. The number of imidazole rings is 1. The minimum atomic E-state index is -0.713. The number of piperidine rings is 1. The Bertz CT molecular complexity index is 2340. The first-order valence-corrected chi connectivity index (χ1v) is 21.9. The quantitative estimate of drug-likeness (QED) is 0.0825. The number of ether oxygens (including phenoxy) is 3. The summed E-state index contributed by atoms with van der Waals surface area (Å²) in [6.07, 6.45) is 6.06.